The molecule has 1 aliphatic heterocycles. The lowest BCUT2D eigenvalue weighted by Crippen LogP contribution is -2.42. The molecule has 2 heterocycles. The summed E-state index contributed by atoms with van der Waals surface area (Å²) < 4.78 is 4.86. The lowest BCUT2D eigenvalue weighted by molar-refractivity contribution is -0.150. The van der Waals surface area contributed by atoms with E-state index in [0.717, 1.165) is 27.1 Å². The summed E-state index contributed by atoms with van der Waals surface area (Å²) in [7, 11) is 0. The molecule has 0 spiro atoms. The minimum absolute atomic E-state index is 0.212. The summed E-state index contributed by atoms with van der Waals surface area (Å²) in [6.45, 7) is 5.35. The zero-order valence-corrected chi connectivity index (χ0v) is 13.5. The van der Waals surface area contributed by atoms with Crippen molar-refractivity contribution in [1.82, 2.24) is 4.90 Å². The SMILES string of the molecule is CCOC(=O)C(C)N1C(=O)S/C(=C\c2csc(C)c2)C1=O. The van der Waals surface area contributed by atoms with Gasteiger partial charge < -0.3 is 4.74 Å². The Morgan fingerprint density at radius 2 is 2.19 bits per heavy atom. The number of hydrogen-bond donors (Lipinski definition) is 0. The Morgan fingerprint density at radius 3 is 2.76 bits per heavy atom. The maximum Gasteiger partial charge on any atom is 0.329 e. The van der Waals surface area contributed by atoms with E-state index in [0.29, 0.717) is 4.91 Å². The molecular weight excluding hydrogens is 310 g/mol. The number of nitrogens with zero attached hydrogens (tertiary/aromatic N) is 1. The fraction of sp³-hybridized carbons (Fsp3) is 0.357. The van der Waals surface area contributed by atoms with Crippen LogP contribution < -0.4 is 0 Å². The van der Waals surface area contributed by atoms with E-state index in [1.807, 2.05) is 18.4 Å². The predicted octanol–water partition coefficient (Wildman–Crippen LogP) is 3.04. The summed E-state index contributed by atoms with van der Waals surface area (Å²) in [6, 6.07) is 1.03. The normalized spacial score (nSPS) is 18.4. The molecule has 1 aliphatic rings. The Hall–Kier alpha value is -1.60. The second kappa shape index (κ2) is 6.44. The average Bonchev–Trinajstić information content (AvgIpc) is 2.94. The molecule has 1 aromatic heterocycles. The van der Waals surface area contributed by atoms with Crippen LogP contribution in [0, 0.1) is 6.92 Å². The summed E-state index contributed by atoms with van der Waals surface area (Å²) in [6.07, 6.45) is 1.67. The molecule has 7 heteroatoms. The Morgan fingerprint density at radius 1 is 1.48 bits per heavy atom. The van der Waals surface area contributed by atoms with Crippen LogP contribution in [0.2, 0.25) is 0 Å². The first-order valence-corrected chi connectivity index (χ1v) is 8.12. The highest BCUT2D eigenvalue weighted by atomic mass is 32.2. The second-order valence-corrected chi connectivity index (χ2v) is 6.58. The van der Waals surface area contributed by atoms with Gasteiger partial charge in [-0.3, -0.25) is 14.5 Å². The van der Waals surface area contributed by atoms with E-state index < -0.39 is 23.2 Å². The van der Waals surface area contributed by atoms with Crippen LogP contribution in [0.15, 0.2) is 16.4 Å². The number of carbonyl (C=O) groups is 3. The van der Waals surface area contributed by atoms with Crippen molar-refractivity contribution in [2.45, 2.75) is 26.8 Å². The van der Waals surface area contributed by atoms with Crippen LogP contribution in [0.5, 0.6) is 0 Å². The minimum Gasteiger partial charge on any atom is -0.464 e. The van der Waals surface area contributed by atoms with Gasteiger partial charge in [0, 0.05) is 4.88 Å². The highest BCUT2D eigenvalue weighted by molar-refractivity contribution is 8.18. The maximum absolute atomic E-state index is 12.3. The predicted molar refractivity (Wildman–Crippen MR) is 83.0 cm³/mol. The standard InChI is InChI=1S/C14H15NO4S2/c1-4-19-13(17)9(3)15-12(16)11(21-14(15)18)6-10-5-8(2)20-7-10/h5-7,9H,4H2,1-3H3/b11-6-. The molecule has 5 nitrogen and oxygen atoms in total. The van der Waals surface area contributed by atoms with Gasteiger partial charge in [0.2, 0.25) is 0 Å². The summed E-state index contributed by atoms with van der Waals surface area (Å²) >= 11 is 2.42. The van der Waals surface area contributed by atoms with Crippen LogP contribution in [-0.2, 0) is 14.3 Å². The third-order valence-corrected chi connectivity index (χ3v) is 4.65. The van der Waals surface area contributed by atoms with Gasteiger partial charge in [0.1, 0.15) is 6.04 Å². The lowest BCUT2D eigenvalue weighted by Gasteiger charge is -2.19. The van der Waals surface area contributed by atoms with Crippen LogP contribution in [0.4, 0.5) is 4.79 Å². The first-order chi connectivity index (χ1) is 9.93. The van der Waals surface area contributed by atoms with E-state index >= 15 is 0 Å². The highest BCUT2D eigenvalue weighted by Crippen LogP contribution is 2.34. The van der Waals surface area contributed by atoms with Gasteiger partial charge in [-0.05, 0) is 55.6 Å². The fourth-order valence-electron chi connectivity index (χ4n) is 1.87. The van der Waals surface area contributed by atoms with E-state index in [4.69, 9.17) is 4.74 Å². The molecular formula is C14H15NO4S2. The van der Waals surface area contributed by atoms with Gasteiger partial charge in [-0.2, -0.15) is 0 Å². The van der Waals surface area contributed by atoms with Gasteiger partial charge in [0.25, 0.3) is 11.1 Å². The van der Waals surface area contributed by atoms with Crippen LogP contribution >= 0.6 is 23.1 Å². The zero-order chi connectivity index (χ0) is 15.6. The molecule has 1 aromatic rings. The molecule has 1 atom stereocenters. The zero-order valence-electron chi connectivity index (χ0n) is 11.9. The monoisotopic (exact) mass is 325 g/mol. The number of carbonyl (C=O) groups excluding carboxylic acids is 3. The fourth-order valence-corrected chi connectivity index (χ4v) is 3.44. The highest BCUT2D eigenvalue weighted by Gasteiger charge is 2.41. The molecule has 1 unspecified atom stereocenters. The van der Waals surface area contributed by atoms with E-state index in [1.165, 1.54) is 6.92 Å². The third kappa shape index (κ3) is 3.36. The van der Waals surface area contributed by atoms with Crippen molar-refractivity contribution in [3.63, 3.8) is 0 Å². The van der Waals surface area contributed by atoms with Gasteiger partial charge in [-0.15, -0.1) is 11.3 Å². The van der Waals surface area contributed by atoms with Gasteiger partial charge in [0.05, 0.1) is 11.5 Å². The van der Waals surface area contributed by atoms with Crippen molar-refractivity contribution in [2.24, 2.45) is 0 Å². The number of thioether (sulfide) groups is 1. The van der Waals surface area contributed by atoms with E-state index in [2.05, 4.69) is 0 Å². The van der Waals surface area contributed by atoms with Crippen molar-refractivity contribution < 1.29 is 19.1 Å². The van der Waals surface area contributed by atoms with Crippen molar-refractivity contribution in [2.75, 3.05) is 6.61 Å². The van der Waals surface area contributed by atoms with E-state index in [9.17, 15) is 14.4 Å². The van der Waals surface area contributed by atoms with Crippen LogP contribution in [0.1, 0.15) is 24.3 Å². The molecule has 0 saturated carbocycles. The number of imide groups is 1. The first-order valence-electron chi connectivity index (χ1n) is 6.43. The van der Waals surface area contributed by atoms with Crippen molar-refractivity contribution in [1.29, 1.82) is 0 Å². The molecule has 21 heavy (non-hydrogen) atoms. The van der Waals surface area contributed by atoms with Crippen molar-refractivity contribution in [3.8, 4) is 0 Å². The summed E-state index contributed by atoms with van der Waals surface area (Å²) in [5.74, 6) is -1.03. The third-order valence-electron chi connectivity index (χ3n) is 2.89. The quantitative estimate of drug-likeness (QED) is 0.629. The maximum atomic E-state index is 12.3. The number of thiophene rings is 1. The molecule has 0 aromatic carbocycles. The van der Waals surface area contributed by atoms with Crippen LogP contribution in [-0.4, -0.2) is 34.7 Å². The van der Waals surface area contributed by atoms with Gasteiger partial charge in [-0.1, -0.05) is 0 Å². The smallest absolute Gasteiger partial charge is 0.329 e. The molecule has 0 aliphatic carbocycles. The first kappa shape index (κ1) is 15.8. The summed E-state index contributed by atoms with van der Waals surface area (Å²) in [5, 5.41) is 1.47. The molecule has 112 valence electrons. The number of esters is 1. The molecule has 1 fully saturated rings. The molecule has 0 bridgehead atoms. The van der Waals surface area contributed by atoms with Crippen LogP contribution in [0.25, 0.3) is 6.08 Å². The molecule has 2 rings (SSSR count). The Kier molecular flexibility index (Phi) is 4.84. The summed E-state index contributed by atoms with van der Waals surface area (Å²) in [4.78, 5) is 38.4. The average molecular weight is 325 g/mol. The largest absolute Gasteiger partial charge is 0.464 e. The molecule has 2 amide bonds. The van der Waals surface area contributed by atoms with Crippen molar-refractivity contribution in [3.05, 3.63) is 26.8 Å². The van der Waals surface area contributed by atoms with E-state index in [-0.39, 0.29) is 6.61 Å². The number of aryl methyl sites for hydroxylation is 1. The molecule has 0 radical (unpaired) electrons. The van der Waals surface area contributed by atoms with Crippen LogP contribution in [0.3, 0.4) is 0 Å². The lowest BCUT2D eigenvalue weighted by atomic mass is 10.2. The Bertz CT molecular complexity index is 620. The summed E-state index contributed by atoms with van der Waals surface area (Å²) in [5.41, 5.74) is 0.881. The Labute approximate surface area is 131 Å². The van der Waals surface area contributed by atoms with Gasteiger partial charge in [-0.25, -0.2) is 4.79 Å². The molecule has 1 saturated heterocycles. The number of ether oxygens (including phenoxy) is 1. The molecule has 0 N–H and O–H groups in total. The van der Waals surface area contributed by atoms with E-state index in [1.54, 1.807) is 24.3 Å². The second-order valence-electron chi connectivity index (χ2n) is 4.47. The Balaban J connectivity index is 2.20. The number of hydrogen-bond acceptors (Lipinski definition) is 6. The number of amides is 2. The van der Waals surface area contributed by atoms with Crippen molar-refractivity contribution >= 4 is 46.3 Å². The van der Waals surface area contributed by atoms with Gasteiger partial charge >= 0.3 is 5.97 Å². The number of rotatable bonds is 4. The minimum atomic E-state index is -0.910. The van der Waals surface area contributed by atoms with Gasteiger partial charge in [0.15, 0.2) is 0 Å². The topological polar surface area (TPSA) is 63.7 Å².